The lowest BCUT2D eigenvalue weighted by molar-refractivity contribution is 0.0227. The molecule has 3 rings (SSSR count). The Labute approximate surface area is 181 Å². The van der Waals surface area contributed by atoms with E-state index in [0.717, 1.165) is 5.56 Å². The number of benzene rings is 2. The Hall–Kier alpha value is -3.22. The van der Waals surface area contributed by atoms with Crippen LogP contribution in [0.1, 0.15) is 59.9 Å². The minimum absolute atomic E-state index is 0.280. The predicted molar refractivity (Wildman–Crippen MR) is 114 cm³/mol. The van der Waals surface area contributed by atoms with Gasteiger partial charge in [0.25, 0.3) is 11.8 Å². The molecule has 0 saturated carbocycles. The number of imide groups is 1. The number of halogens is 1. The zero-order valence-corrected chi connectivity index (χ0v) is 18.1. The van der Waals surface area contributed by atoms with Crippen LogP contribution < -0.4 is 0 Å². The van der Waals surface area contributed by atoms with E-state index in [1.54, 1.807) is 62.1 Å². The molecule has 0 bridgehead atoms. The molecule has 2 aromatic carbocycles. The average Bonchev–Trinajstić information content (AvgIpc) is 2.95. The normalized spacial score (nSPS) is 13.4. The quantitative estimate of drug-likeness (QED) is 0.478. The second kappa shape index (κ2) is 9.29. The second-order valence-electron chi connectivity index (χ2n) is 8.54. The van der Waals surface area contributed by atoms with Gasteiger partial charge >= 0.3 is 6.09 Å². The van der Waals surface area contributed by atoms with Crippen molar-refractivity contribution >= 4 is 17.9 Å². The van der Waals surface area contributed by atoms with Crippen molar-refractivity contribution in [2.24, 2.45) is 0 Å². The van der Waals surface area contributed by atoms with E-state index in [0.29, 0.717) is 30.5 Å². The molecule has 7 heteroatoms. The molecule has 31 heavy (non-hydrogen) atoms. The van der Waals surface area contributed by atoms with Gasteiger partial charge in [0, 0.05) is 19.6 Å². The van der Waals surface area contributed by atoms with Crippen LogP contribution in [-0.4, -0.2) is 46.4 Å². The van der Waals surface area contributed by atoms with E-state index in [1.807, 2.05) is 0 Å². The molecule has 6 nitrogen and oxygen atoms in total. The van der Waals surface area contributed by atoms with E-state index in [-0.39, 0.29) is 30.7 Å². The SMILES string of the molecule is CC(C)(C)OC(=O)N(CCCCN1C(=O)c2ccccc2C1=O)Cc1ccc(F)cc1. The molecule has 1 aliphatic rings. The summed E-state index contributed by atoms with van der Waals surface area (Å²) in [5.74, 6) is -0.902. The Bertz CT molecular complexity index is 931. The van der Waals surface area contributed by atoms with Crippen molar-refractivity contribution in [2.75, 3.05) is 13.1 Å². The van der Waals surface area contributed by atoms with Crippen molar-refractivity contribution in [3.8, 4) is 0 Å². The molecule has 164 valence electrons. The lowest BCUT2D eigenvalue weighted by Crippen LogP contribution is -2.37. The van der Waals surface area contributed by atoms with E-state index >= 15 is 0 Å². The lowest BCUT2D eigenvalue weighted by atomic mass is 10.1. The number of unbranched alkanes of at least 4 members (excludes halogenated alkanes) is 1. The van der Waals surface area contributed by atoms with Gasteiger partial charge in [-0.15, -0.1) is 0 Å². The van der Waals surface area contributed by atoms with Crippen molar-refractivity contribution in [3.05, 3.63) is 71.0 Å². The molecular weight excluding hydrogens is 399 g/mol. The first-order chi connectivity index (χ1) is 14.7. The van der Waals surface area contributed by atoms with Crippen LogP contribution in [0, 0.1) is 5.82 Å². The van der Waals surface area contributed by atoms with Crippen LogP contribution in [0.25, 0.3) is 0 Å². The van der Waals surface area contributed by atoms with Crippen LogP contribution in [0.2, 0.25) is 0 Å². The molecule has 1 heterocycles. The van der Waals surface area contributed by atoms with Crippen LogP contribution in [0.4, 0.5) is 9.18 Å². The first-order valence-corrected chi connectivity index (χ1v) is 10.3. The largest absolute Gasteiger partial charge is 0.444 e. The third kappa shape index (κ3) is 5.69. The summed E-state index contributed by atoms with van der Waals surface area (Å²) in [5, 5.41) is 0. The number of hydrogen-bond acceptors (Lipinski definition) is 4. The standard InChI is InChI=1S/C24H27FN2O4/c1-24(2,3)31-23(30)26(16-17-10-12-18(25)13-11-17)14-6-7-15-27-21(28)19-8-4-5-9-20(19)22(27)29/h4-5,8-13H,6-7,14-16H2,1-3H3. The number of nitrogens with zero attached hydrogens (tertiary/aromatic N) is 2. The molecule has 2 aromatic rings. The third-order valence-electron chi connectivity index (χ3n) is 4.88. The fourth-order valence-electron chi connectivity index (χ4n) is 3.39. The highest BCUT2D eigenvalue weighted by Gasteiger charge is 2.34. The summed E-state index contributed by atoms with van der Waals surface area (Å²) in [4.78, 5) is 40.4. The predicted octanol–water partition coefficient (Wildman–Crippen LogP) is 4.64. The Morgan fingerprint density at radius 3 is 2.10 bits per heavy atom. The highest BCUT2D eigenvalue weighted by atomic mass is 19.1. The average molecular weight is 426 g/mol. The Balaban J connectivity index is 1.58. The zero-order chi connectivity index (χ0) is 22.6. The molecular formula is C24H27FN2O4. The Morgan fingerprint density at radius 2 is 1.55 bits per heavy atom. The van der Waals surface area contributed by atoms with Gasteiger partial charge in [-0.2, -0.15) is 0 Å². The molecule has 0 aliphatic carbocycles. The maximum Gasteiger partial charge on any atom is 0.410 e. The van der Waals surface area contributed by atoms with Crippen molar-refractivity contribution in [1.82, 2.24) is 9.80 Å². The van der Waals surface area contributed by atoms with Crippen LogP contribution >= 0.6 is 0 Å². The number of ether oxygens (including phenoxy) is 1. The van der Waals surface area contributed by atoms with Crippen LogP contribution in [0.3, 0.4) is 0 Å². The zero-order valence-electron chi connectivity index (χ0n) is 18.1. The molecule has 0 saturated heterocycles. The van der Waals surface area contributed by atoms with Crippen molar-refractivity contribution in [2.45, 2.75) is 45.8 Å². The Morgan fingerprint density at radius 1 is 0.968 bits per heavy atom. The molecule has 0 aromatic heterocycles. The van der Waals surface area contributed by atoms with Crippen LogP contribution in [-0.2, 0) is 11.3 Å². The van der Waals surface area contributed by atoms with Crippen molar-refractivity contribution in [1.29, 1.82) is 0 Å². The molecule has 0 atom stereocenters. The fourth-order valence-corrected chi connectivity index (χ4v) is 3.39. The van der Waals surface area contributed by atoms with Gasteiger partial charge in [0.2, 0.25) is 0 Å². The third-order valence-corrected chi connectivity index (χ3v) is 4.88. The van der Waals surface area contributed by atoms with Gasteiger partial charge in [-0.25, -0.2) is 9.18 Å². The minimum atomic E-state index is -0.641. The van der Waals surface area contributed by atoms with E-state index in [2.05, 4.69) is 0 Å². The number of rotatable bonds is 7. The fraction of sp³-hybridized carbons (Fsp3) is 0.375. The van der Waals surface area contributed by atoms with E-state index in [1.165, 1.54) is 17.0 Å². The van der Waals surface area contributed by atoms with Crippen molar-refractivity contribution in [3.63, 3.8) is 0 Å². The summed E-state index contributed by atoms with van der Waals surface area (Å²) < 4.78 is 18.7. The first kappa shape index (κ1) is 22.5. The van der Waals surface area contributed by atoms with Gasteiger partial charge in [-0.3, -0.25) is 14.5 Å². The number of amides is 3. The molecule has 0 fully saturated rings. The van der Waals surface area contributed by atoms with Gasteiger partial charge in [-0.05, 0) is 63.4 Å². The highest BCUT2D eigenvalue weighted by molar-refractivity contribution is 6.21. The van der Waals surface area contributed by atoms with E-state index in [9.17, 15) is 18.8 Å². The molecule has 0 N–H and O–H groups in total. The Kier molecular flexibility index (Phi) is 6.73. The monoisotopic (exact) mass is 426 g/mol. The lowest BCUT2D eigenvalue weighted by Gasteiger charge is -2.27. The minimum Gasteiger partial charge on any atom is -0.444 e. The van der Waals surface area contributed by atoms with E-state index in [4.69, 9.17) is 4.74 Å². The number of fused-ring (bicyclic) bond motifs is 1. The van der Waals surface area contributed by atoms with Gasteiger partial charge in [0.15, 0.2) is 0 Å². The maximum absolute atomic E-state index is 13.2. The van der Waals surface area contributed by atoms with E-state index < -0.39 is 11.7 Å². The summed E-state index contributed by atoms with van der Waals surface area (Å²) in [5.41, 5.74) is 1.00. The van der Waals surface area contributed by atoms with Crippen molar-refractivity contribution < 1.29 is 23.5 Å². The summed E-state index contributed by atoms with van der Waals surface area (Å²) in [6, 6.07) is 12.8. The molecule has 0 spiro atoms. The summed E-state index contributed by atoms with van der Waals surface area (Å²) >= 11 is 0. The maximum atomic E-state index is 13.2. The van der Waals surface area contributed by atoms with Gasteiger partial charge < -0.3 is 9.64 Å². The second-order valence-corrected chi connectivity index (χ2v) is 8.54. The summed E-state index contributed by atoms with van der Waals surface area (Å²) in [6.45, 7) is 6.33. The number of carbonyl (C=O) groups is 3. The smallest absolute Gasteiger partial charge is 0.410 e. The van der Waals surface area contributed by atoms with Crippen LogP contribution in [0.5, 0.6) is 0 Å². The summed E-state index contributed by atoms with van der Waals surface area (Å²) in [6.07, 6.45) is 0.666. The molecule has 0 unspecified atom stereocenters. The molecule has 3 amide bonds. The first-order valence-electron chi connectivity index (χ1n) is 10.3. The van der Waals surface area contributed by atoms with Gasteiger partial charge in [0.05, 0.1) is 11.1 Å². The topological polar surface area (TPSA) is 66.9 Å². The van der Waals surface area contributed by atoms with Crippen LogP contribution in [0.15, 0.2) is 48.5 Å². The number of carbonyl (C=O) groups excluding carboxylic acids is 3. The highest BCUT2D eigenvalue weighted by Crippen LogP contribution is 2.23. The van der Waals surface area contributed by atoms with Gasteiger partial charge in [0.1, 0.15) is 11.4 Å². The summed E-state index contributed by atoms with van der Waals surface area (Å²) in [7, 11) is 0. The molecule has 1 aliphatic heterocycles. The van der Waals surface area contributed by atoms with Gasteiger partial charge in [-0.1, -0.05) is 24.3 Å². The molecule has 0 radical (unpaired) electrons. The number of hydrogen-bond donors (Lipinski definition) is 0.